The Kier molecular flexibility index (Phi) is 5.85. The maximum atomic E-state index is 13.6. The van der Waals surface area contributed by atoms with Crippen molar-refractivity contribution >= 4 is 17.5 Å². The van der Waals surface area contributed by atoms with Gasteiger partial charge in [0.15, 0.2) is 0 Å². The Morgan fingerprint density at radius 3 is 2.52 bits per heavy atom. The summed E-state index contributed by atoms with van der Waals surface area (Å²) in [6.07, 6.45) is 4.13. The highest BCUT2D eigenvalue weighted by Crippen LogP contribution is 2.24. The highest BCUT2D eigenvalue weighted by atomic mass is 19.1. The van der Waals surface area contributed by atoms with Crippen molar-refractivity contribution in [1.29, 1.82) is 0 Å². The summed E-state index contributed by atoms with van der Waals surface area (Å²) in [4.78, 5) is 26.5. The second-order valence-corrected chi connectivity index (χ2v) is 6.59. The van der Waals surface area contributed by atoms with Gasteiger partial charge < -0.3 is 15.2 Å². The number of hydrogen-bond acceptors (Lipinski definition) is 3. The first-order valence-electron chi connectivity index (χ1n) is 8.85. The number of amides is 2. The van der Waals surface area contributed by atoms with E-state index < -0.39 is 23.4 Å². The number of nitrogens with one attached hydrogen (secondary N) is 2. The van der Waals surface area contributed by atoms with Crippen LogP contribution >= 0.6 is 0 Å². The molecule has 2 heterocycles. The van der Waals surface area contributed by atoms with Crippen molar-refractivity contribution in [1.82, 2.24) is 14.8 Å². The zero-order chi connectivity index (χ0) is 19.4. The summed E-state index contributed by atoms with van der Waals surface area (Å²) in [5.74, 6) is -3.55. The lowest BCUT2D eigenvalue weighted by atomic mass is 10.1. The summed E-state index contributed by atoms with van der Waals surface area (Å²) in [6.45, 7) is 2.12. The molecule has 2 aromatic rings. The Morgan fingerprint density at radius 1 is 1.15 bits per heavy atom. The third-order valence-electron chi connectivity index (χ3n) is 4.75. The predicted molar refractivity (Wildman–Crippen MR) is 97.0 cm³/mol. The molecule has 0 spiro atoms. The second-order valence-electron chi connectivity index (χ2n) is 6.59. The maximum absolute atomic E-state index is 13.6. The molecule has 1 aliphatic rings. The summed E-state index contributed by atoms with van der Waals surface area (Å²) in [7, 11) is 1.93. The third-order valence-corrected chi connectivity index (χ3v) is 4.75. The molecule has 144 valence electrons. The second kappa shape index (κ2) is 8.30. The fourth-order valence-electron chi connectivity index (χ4n) is 3.33. The first-order chi connectivity index (χ1) is 13.0. The Labute approximate surface area is 156 Å². The monoisotopic (exact) mass is 376 g/mol. The molecule has 6 nitrogen and oxygen atoms in total. The molecule has 1 aliphatic heterocycles. The summed E-state index contributed by atoms with van der Waals surface area (Å²) in [6, 6.07) is 6.61. The van der Waals surface area contributed by atoms with Crippen molar-refractivity contribution < 1.29 is 18.4 Å². The number of aryl methyl sites for hydroxylation is 1. The van der Waals surface area contributed by atoms with E-state index in [0.29, 0.717) is 6.07 Å². The van der Waals surface area contributed by atoms with Gasteiger partial charge in [-0.25, -0.2) is 8.78 Å². The number of aromatic nitrogens is 1. The molecule has 1 aromatic carbocycles. The smallest absolute Gasteiger partial charge is 0.313 e. The van der Waals surface area contributed by atoms with E-state index in [9.17, 15) is 18.4 Å². The van der Waals surface area contributed by atoms with Crippen LogP contribution in [0.3, 0.4) is 0 Å². The third kappa shape index (κ3) is 4.51. The highest BCUT2D eigenvalue weighted by Gasteiger charge is 2.26. The largest absolute Gasteiger partial charge is 0.353 e. The van der Waals surface area contributed by atoms with Crippen LogP contribution in [0.2, 0.25) is 0 Å². The van der Waals surface area contributed by atoms with Gasteiger partial charge in [-0.1, -0.05) is 0 Å². The van der Waals surface area contributed by atoms with Crippen molar-refractivity contribution in [3.63, 3.8) is 0 Å². The molecule has 1 fully saturated rings. The van der Waals surface area contributed by atoms with Crippen LogP contribution in [-0.2, 0) is 16.6 Å². The molecule has 3 rings (SSSR count). The van der Waals surface area contributed by atoms with Gasteiger partial charge in [-0.15, -0.1) is 0 Å². The van der Waals surface area contributed by atoms with Gasteiger partial charge in [-0.3, -0.25) is 14.5 Å². The molecule has 2 amide bonds. The van der Waals surface area contributed by atoms with Crippen molar-refractivity contribution in [3.8, 4) is 0 Å². The Balaban J connectivity index is 1.63. The van der Waals surface area contributed by atoms with Crippen LogP contribution in [-0.4, -0.2) is 40.9 Å². The van der Waals surface area contributed by atoms with E-state index in [2.05, 4.69) is 15.5 Å². The van der Waals surface area contributed by atoms with Gasteiger partial charge >= 0.3 is 11.8 Å². The fourth-order valence-corrected chi connectivity index (χ4v) is 3.33. The number of benzene rings is 1. The lowest BCUT2D eigenvalue weighted by molar-refractivity contribution is -0.136. The minimum Gasteiger partial charge on any atom is -0.353 e. The molecule has 0 bridgehead atoms. The number of halogens is 2. The Hall–Kier alpha value is -2.74. The lowest BCUT2D eigenvalue weighted by Crippen LogP contribution is -2.42. The highest BCUT2D eigenvalue weighted by molar-refractivity contribution is 6.39. The molecule has 8 heteroatoms. The number of anilines is 1. The molecule has 0 aliphatic carbocycles. The number of carbonyl (C=O) groups is 2. The van der Waals surface area contributed by atoms with Crippen molar-refractivity contribution in [2.75, 3.05) is 25.0 Å². The average molecular weight is 376 g/mol. The topological polar surface area (TPSA) is 66.4 Å². The minimum atomic E-state index is -0.993. The van der Waals surface area contributed by atoms with Crippen molar-refractivity contribution in [3.05, 3.63) is 53.9 Å². The van der Waals surface area contributed by atoms with E-state index in [4.69, 9.17) is 0 Å². The van der Waals surface area contributed by atoms with Gasteiger partial charge in [-0.05, 0) is 50.2 Å². The van der Waals surface area contributed by atoms with E-state index in [0.717, 1.165) is 43.8 Å². The molecule has 27 heavy (non-hydrogen) atoms. The number of nitrogens with zero attached hydrogens (tertiary/aromatic N) is 2. The number of hydrogen-bond donors (Lipinski definition) is 2. The zero-order valence-corrected chi connectivity index (χ0v) is 15.0. The predicted octanol–water partition coefficient (Wildman–Crippen LogP) is 2.20. The molecule has 1 atom stereocenters. The van der Waals surface area contributed by atoms with Crippen LogP contribution in [0.1, 0.15) is 24.6 Å². The molecular weight excluding hydrogens is 354 g/mol. The zero-order valence-electron chi connectivity index (χ0n) is 15.0. The summed E-state index contributed by atoms with van der Waals surface area (Å²) < 4.78 is 28.5. The van der Waals surface area contributed by atoms with Crippen LogP contribution in [0.5, 0.6) is 0 Å². The van der Waals surface area contributed by atoms with Gasteiger partial charge in [0.05, 0.1) is 11.7 Å². The van der Waals surface area contributed by atoms with Crippen LogP contribution in [0, 0.1) is 11.6 Å². The molecule has 1 saturated heterocycles. The normalized spacial score (nSPS) is 15.5. The van der Waals surface area contributed by atoms with Crippen LogP contribution in [0.4, 0.5) is 14.5 Å². The first kappa shape index (κ1) is 19.0. The standard InChI is InChI=1S/C19H22F2N4O2/c1-24-8-4-5-16(24)17(25-9-2-3-10-25)12-22-18(26)19(27)23-15-7-6-13(20)11-14(15)21/h4-8,11,17H,2-3,9-10,12H2,1H3,(H,22,26)(H,23,27). The Morgan fingerprint density at radius 2 is 1.89 bits per heavy atom. The minimum absolute atomic E-state index is 0.0493. The van der Waals surface area contributed by atoms with Crippen LogP contribution < -0.4 is 10.6 Å². The number of likely N-dealkylation sites (tertiary alicyclic amines) is 1. The summed E-state index contributed by atoms with van der Waals surface area (Å²) >= 11 is 0. The van der Waals surface area contributed by atoms with E-state index in [-0.39, 0.29) is 18.3 Å². The molecule has 1 aromatic heterocycles. The van der Waals surface area contributed by atoms with Crippen LogP contribution in [0.15, 0.2) is 36.5 Å². The number of rotatable bonds is 5. The van der Waals surface area contributed by atoms with Gasteiger partial charge in [-0.2, -0.15) is 0 Å². The van der Waals surface area contributed by atoms with Gasteiger partial charge in [0.2, 0.25) is 0 Å². The first-order valence-corrected chi connectivity index (χ1v) is 8.85. The molecule has 0 saturated carbocycles. The lowest BCUT2D eigenvalue weighted by Gasteiger charge is -2.28. The summed E-state index contributed by atoms with van der Waals surface area (Å²) in [5, 5.41) is 4.79. The maximum Gasteiger partial charge on any atom is 0.313 e. The van der Waals surface area contributed by atoms with E-state index in [1.165, 1.54) is 0 Å². The van der Waals surface area contributed by atoms with Gasteiger partial charge in [0.1, 0.15) is 11.6 Å². The van der Waals surface area contributed by atoms with Gasteiger partial charge in [0.25, 0.3) is 0 Å². The Bertz CT molecular complexity index is 831. The average Bonchev–Trinajstić information content (AvgIpc) is 3.30. The molecule has 2 N–H and O–H groups in total. The quantitative estimate of drug-likeness (QED) is 0.787. The molecule has 0 radical (unpaired) electrons. The fraction of sp³-hybridized carbons (Fsp3) is 0.368. The molecular formula is C19H22F2N4O2. The van der Waals surface area contributed by atoms with E-state index >= 15 is 0 Å². The SMILES string of the molecule is Cn1cccc1C(CNC(=O)C(=O)Nc1ccc(F)cc1F)N1CCCC1. The van der Waals surface area contributed by atoms with Crippen molar-refractivity contribution in [2.24, 2.45) is 7.05 Å². The molecule has 1 unspecified atom stereocenters. The number of carbonyl (C=O) groups excluding carboxylic acids is 2. The van der Waals surface area contributed by atoms with E-state index in [1.54, 1.807) is 0 Å². The summed E-state index contributed by atoms with van der Waals surface area (Å²) in [5.41, 5.74) is 0.803. The van der Waals surface area contributed by atoms with E-state index in [1.807, 2.05) is 29.9 Å². The van der Waals surface area contributed by atoms with Crippen LogP contribution in [0.25, 0.3) is 0 Å². The van der Waals surface area contributed by atoms with Gasteiger partial charge in [0, 0.05) is 31.5 Å². The van der Waals surface area contributed by atoms with Crippen molar-refractivity contribution in [2.45, 2.75) is 18.9 Å².